The summed E-state index contributed by atoms with van der Waals surface area (Å²) < 4.78 is 2.61. The summed E-state index contributed by atoms with van der Waals surface area (Å²) in [4.78, 5) is 15.1. The molecule has 0 atom stereocenters. The van der Waals surface area contributed by atoms with Gasteiger partial charge < -0.3 is 0 Å². The Balaban J connectivity index is 1.12. The van der Waals surface area contributed by atoms with Crippen molar-refractivity contribution in [3.8, 4) is 67.5 Å². The zero-order chi connectivity index (χ0) is 32.6. The molecule has 4 heteroatoms. The van der Waals surface area contributed by atoms with Gasteiger partial charge in [-0.1, -0.05) is 170 Å². The molecule has 0 aliphatic heterocycles. The molecule has 0 saturated carbocycles. The standard InChI is InChI=1S/C45H29N3S/c1-3-10-30(11-4-1)32-18-24-35(25-19-32)43-46-44(36-26-20-33(21-27-36)31-12-5-2-6-13-31)48-45(47-43)37-28-22-34(23-29-37)38-15-9-16-40-39-14-7-8-17-41(39)49-42(38)40/h1-29H. The molecular formula is C45H29N3S. The van der Waals surface area contributed by atoms with Crippen LogP contribution in [-0.2, 0) is 0 Å². The fourth-order valence-corrected chi connectivity index (χ4v) is 7.66. The fourth-order valence-electron chi connectivity index (χ4n) is 6.42. The van der Waals surface area contributed by atoms with E-state index < -0.39 is 0 Å². The van der Waals surface area contributed by atoms with Gasteiger partial charge in [0.05, 0.1) is 0 Å². The first-order valence-corrected chi connectivity index (χ1v) is 17.2. The Hall–Kier alpha value is -6.23. The van der Waals surface area contributed by atoms with E-state index in [-0.39, 0.29) is 0 Å². The molecule has 9 rings (SSSR count). The molecular weight excluding hydrogens is 615 g/mol. The van der Waals surface area contributed by atoms with Crippen LogP contribution >= 0.6 is 11.3 Å². The average Bonchev–Trinajstić information content (AvgIpc) is 3.58. The van der Waals surface area contributed by atoms with Crippen LogP contribution in [0.25, 0.3) is 87.7 Å². The Morgan fingerprint density at radius 1 is 0.286 bits per heavy atom. The van der Waals surface area contributed by atoms with Gasteiger partial charge in [0.1, 0.15) is 0 Å². The molecule has 2 aromatic heterocycles. The van der Waals surface area contributed by atoms with Crippen LogP contribution in [0.1, 0.15) is 0 Å². The molecule has 0 N–H and O–H groups in total. The van der Waals surface area contributed by atoms with E-state index >= 15 is 0 Å². The molecule has 9 aromatic rings. The predicted octanol–water partition coefficient (Wildman–Crippen LogP) is 12.2. The van der Waals surface area contributed by atoms with E-state index in [9.17, 15) is 0 Å². The molecule has 0 amide bonds. The third-order valence-electron chi connectivity index (χ3n) is 8.99. The van der Waals surface area contributed by atoms with Crippen LogP contribution in [0.4, 0.5) is 0 Å². The largest absolute Gasteiger partial charge is 0.208 e. The Morgan fingerprint density at radius 3 is 1.18 bits per heavy atom. The number of hydrogen-bond donors (Lipinski definition) is 0. The predicted molar refractivity (Wildman–Crippen MR) is 205 cm³/mol. The summed E-state index contributed by atoms with van der Waals surface area (Å²) in [5.74, 6) is 1.93. The van der Waals surface area contributed by atoms with E-state index in [4.69, 9.17) is 15.0 Å². The van der Waals surface area contributed by atoms with Gasteiger partial charge in [0.2, 0.25) is 0 Å². The minimum absolute atomic E-state index is 0.644. The fraction of sp³-hybridized carbons (Fsp3) is 0. The smallest absolute Gasteiger partial charge is 0.164 e. The van der Waals surface area contributed by atoms with E-state index in [0.717, 1.165) is 27.8 Å². The second-order valence-corrected chi connectivity index (χ2v) is 13.1. The normalized spacial score (nSPS) is 11.3. The lowest BCUT2D eigenvalue weighted by Gasteiger charge is -2.10. The van der Waals surface area contributed by atoms with E-state index in [0.29, 0.717) is 17.5 Å². The highest BCUT2D eigenvalue weighted by Crippen LogP contribution is 2.40. The van der Waals surface area contributed by atoms with Crippen LogP contribution in [0.5, 0.6) is 0 Å². The SMILES string of the molecule is c1ccc(-c2ccc(-c3nc(-c4ccc(-c5ccccc5)cc4)nc(-c4ccc(-c5cccc6c5sc5ccccc56)cc4)n3)cc2)cc1. The number of benzene rings is 7. The minimum atomic E-state index is 0.644. The number of hydrogen-bond acceptors (Lipinski definition) is 4. The molecule has 2 heterocycles. The van der Waals surface area contributed by atoms with Crippen LogP contribution < -0.4 is 0 Å². The van der Waals surface area contributed by atoms with E-state index in [2.05, 4.69) is 164 Å². The molecule has 0 radical (unpaired) electrons. The average molecular weight is 644 g/mol. The van der Waals surface area contributed by atoms with Crippen LogP contribution in [0.2, 0.25) is 0 Å². The molecule has 230 valence electrons. The van der Waals surface area contributed by atoms with Crippen molar-refractivity contribution >= 4 is 31.5 Å². The van der Waals surface area contributed by atoms with Crippen molar-refractivity contribution in [2.45, 2.75) is 0 Å². The number of aromatic nitrogens is 3. The maximum absolute atomic E-state index is 5.03. The van der Waals surface area contributed by atoms with Crippen LogP contribution in [0.15, 0.2) is 176 Å². The lowest BCUT2D eigenvalue weighted by Crippen LogP contribution is -2.00. The van der Waals surface area contributed by atoms with E-state index in [1.807, 2.05) is 23.5 Å². The summed E-state index contributed by atoms with van der Waals surface area (Å²) in [7, 11) is 0. The maximum Gasteiger partial charge on any atom is 0.164 e. The van der Waals surface area contributed by atoms with E-state index in [1.165, 1.54) is 42.4 Å². The van der Waals surface area contributed by atoms with Crippen molar-refractivity contribution in [2.24, 2.45) is 0 Å². The highest BCUT2D eigenvalue weighted by Gasteiger charge is 2.15. The highest BCUT2D eigenvalue weighted by atomic mass is 32.1. The first kappa shape index (κ1) is 29.0. The molecule has 7 aromatic carbocycles. The van der Waals surface area contributed by atoms with Gasteiger partial charge in [0.15, 0.2) is 17.5 Å². The summed E-state index contributed by atoms with van der Waals surface area (Å²) >= 11 is 1.85. The first-order valence-electron chi connectivity index (χ1n) is 16.4. The summed E-state index contributed by atoms with van der Waals surface area (Å²) in [6.45, 7) is 0. The summed E-state index contributed by atoms with van der Waals surface area (Å²) in [6, 6.07) is 61.6. The van der Waals surface area contributed by atoms with Gasteiger partial charge in [0, 0.05) is 36.9 Å². The van der Waals surface area contributed by atoms with Crippen LogP contribution in [0.3, 0.4) is 0 Å². The lowest BCUT2D eigenvalue weighted by atomic mass is 10.0. The number of nitrogens with zero attached hydrogens (tertiary/aromatic N) is 3. The van der Waals surface area contributed by atoms with Gasteiger partial charge in [-0.05, 0) is 39.4 Å². The monoisotopic (exact) mass is 643 g/mol. The van der Waals surface area contributed by atoms with Gasteiger partial charge >= 0.3 is 0 Å². The van der Waals surface area contributed by atoms with Gasteiger partial charge in [-0.2, -0.15) is 0 Å². The maximum atomic E-state index is 5.03. The molecule has 0 spiro atoms. The molecule has 3 nitrogen and oxygen atoms in total. The van der Waals surface area contributed by atoms with Crippen molar-refractivity contribution in [1.29, 1.82) is 0 Å². The Labute approximate surface area is 288 Å². The number of rotatable bonds is 6. The van der Waals surface area contributed by atoms with E-state index in [1.54, 1.807) is 0 Å². The zero-order valence-electron chi connectivity index (χ0n) is 26.5. The van der Waals surface area contributed by atoms with Crippen molar-refractivity contribution in [3.63, 3.8) is 0 Å². The molecule has 0 saturated heterocycles. The van der Waals surface area contributed by atoms with Crippen LogP contribution in [-0.4, -0.2) is 15.0 Å². The molecule has 49 heavy (non-hydrogen) atoms. The van der Waals surface area contributed by atoms with Crippen molar-refractivity contribution in [2.75, 3.05) is 0 Å². The third kappa shape index (κ3) is 5.58. The van der Waals surface area contributed by atoms with Gasteiger partial charge in [-0.15, -0.1) is 11.3 Å². The van der Waals surface area contributed by atoms with Crippen molar-refractivity contribution in [3.05, 3.63) is 176 Å². The minimum Gasteiger partial charge on any atom is -0.208 e. The van der Waals surface area contributed by atoms with Gasteiger partial charge in [-0.3, -0.25) is 0 Å². The third-order valence-corrected chi connectivity index (χ3v) is 10.2. The highest BCUT2D eigenvalue weighted by molar-refractivity contribution is 7.26. The second-order valence-electron chi connectivity index (χ2n) is 12.1. The Morgan fingerprint density at radius 2 is 0.673 bits per heavy atom. The van der Waals surface area contributed by atoms with Crippen molar-refractivity contribution in [1.82, 2.24) is 15.0 Å². The lowest BCUT2D eigenvalue weighted by molar-refractivity contribution is 1.07. The molecule has 0 bridgehead atoms. The summed E-state index contributed by atoms with van der Waals surface area (Å²) in [5.41, 5.74) is 9.89. The Kier molecular flexibility index (Phi) is 7.34. The number of thiophene rings is 1. The summed E-state index contributed by atoms with van der Waals surface area (Å²) in [6.07, 6.45) is 0. The Bertz CT molecular complexity index is 2460. The molecule has 0 fully saturated rings. The second kappa shape index (κ2) is 12.4. The van der Waals surface area contributed by atoms with Crippen molar-refractivity contribution < 1.29 is 0 Å². The molecule has 0 aliphatic rings. The first-order chi connectivity index (χ1) is 24.3. The van der Waals surface area contributed by atoms with Gasteiger partial charge in [-0.25, -0.2) is 15.0 Å². The number of fused-ring (bicyclic) bond motifs is 3. The molecule has 0 unspecified atom stereocenters. The van der Waals surface area contributed by atoms with Crippen LogP contribution in [0, 0.1) is 0 Å². The summed E-state index contributed by atoms with van der Waals surface area (Å²) in [5, 5.41) is 2.60. The topological polar surface area (TPSA) is 38.7 Å². The molecule has 0 aliphatic carbocycles. The quantitative estimate of drug-likeness (QED) is 0.181. The zero-order valence-corrected chi connectivity index (χ0v) is 27.3. The van der Waals surface area contributed by atoms with Gasteiger partial charge in [0.25, 0.3) is 0 Å².